The van der Waals surface area contributed by atoms with E-state index in [0.717, 1.165) is 19.6 Å². The lowest BCUT2D eigenvalue weighted by Gasteiger charge is -2.32. The van der Waals surface area contributed by atoms with E-state index < -0.39 is 0 Å². The van der Waals surface area contributed by atoms with E-state index in [1.165, 1.54) is 12.3 Å². The van der Waals surface area contributed by atoms with Crippen molar-refractivity contribution < 1.29 is 9.53 Å². The highest BCUT2D eigenvalue weighted by Crippen LogP contribution is 2.19. The topological polar surface area (TPSA) is 54.5 Å². The van der Waals surface area contributed by atoms with Crippen LogP contribution in [0, 0.1) is 0 Å². The average molecular weight is 318 g/mol. The molecule has 1 N–H and O–H groups in total. The maximum absolute atomic E-state index is 12.0. The van der Waals surface area contributed by atoms with Gasteiger partial charge in [-0.2, -0.15) is 0 Å². The zero-order chi connectivity index (χ0) is 14.5. The minimum absolute atomic E-state index is 0.0170. The van der Waals surface area contributed by atoms with Gasteiger partial charge in [0.2, 0.25) is 0 Å². The number of ether oxygens (including phenoxy) is 1. The second-order valence-corrected chi connectivity index (χ2v) is 5.36. The predicted molar refractivity (Wildman–Crippen MR) is 78.4 cm³/mol. The molecule has 0 spiro atoms. The van der Waals surface area contributed by atoms with Crippen molar-refractivity contribution in [1.82, 2.24) is 15.2 Å². The molecule has 0 aliphatic carbocycles. The fraction of sp³-hybridized carbons (Fsp3) is 0.538. The number of nitrogens with zero attached hydrogens (tertiary/aromatic N) is 2. The Kier molecular flexibility index (Phi) is 5.60. The van der Waals surface area contributed by atoms with Crippen molar-refractivity contribution in [2.45, 2.75) is 13.0 Å². The fourth-order valence-corrected chi connectivity index (χ4v) is 2.31. The van der Waals surface area contributed by atoms with E-state index in [1.807, 2.05) is 0 Å². The third kappa shape index (κ3) is 4.06. The molecule has 2 heterocycles. The number of hydrogen-bond donors (Lipinski definition) is 1. The van der Waals surface area contributed by atoms with Crippen LogP contribution in [-0.2, 0) is 4.74 Å². The summed E-state index contributed by atoms with van der Waals surface area (Å²) in [7, 11) is 0. The van der Waals surface area contributed by atoms with Gasteiger partial charge in [-0.3, -0.25) is 9.69 Å². The molecule has 1 unspecified atom stereocenters. The number of rotatable bonds is 4. The van der Waals surface area contributed by atoms with Gasteiger partial charge in [-0.15, -0.1) is 0 Å². The van der Waals surface area contributed by atoms with Crippen LogP contribution >= 0.6 is 23.2 Å². The van der Waals surface area contributed by atoms with Crippen LogP contribution in [0.15, 0.2) is 12.3 Å². The van der Waals surface area contributed by atoms with Crippen molar-refractivity contribution in [3.05, 3.63) is 28.0 Å². The zero-order valence-corrected chi connectivity index (χ0v) is 12.7. The Balaban J connectivity index is 1.87. The van der Waals surface area contributed by atoms with Crippen molar-refractivity contribution in [3.8, 4) is 0 Å². The molecule has 1 aromatic heterocycles. The molecule has 1 amide bonds. The van der Waals surface area contributed by atoms with Crippen LogP contribution in [0.25, 0.3) is 0 Å². The molecule has 20 heavy (non-hydrogen) atoms. The van der Waals surface area contributed by atoms with Gasteiger partial charge < -0.3 is 10.1 Å². The molecule has 2 rings (SSSR count). The average Bonchev–Trinajstić information content (AvgIpc) is 2.47. The summed E-state index contributed by atoms with van der Waals surface area (Å²) in [4.78, 5) is 18.1. The molecule has 0 aromatic carbocycles. The first-order chi connectivity index (χ1) is 9.60. The maximum atomic E-state index is 12.0. The Morgan fingerprint density at radius 1 is 1.60 bits per heavy atom. The highest BCUT2D eigenvalue weighted by molar-refractivity contribution is 6.41. The number of pyridine rings is 1. The second-order valence-electron chi connectivity index (χ2n) is 4.59. The summed E-state index contributed by atoms with van der Waals surface area (Å²) >= 11 is 11.6. The molecule has 1 aliphatic rings. The third-order valence-corrected chi connectivity index (χ3v) is 3.90. The minimum Gasteiger partial charge on any atom is -0.374 e. The summed E-state index contributed by atoms with van der Waals surface area (Å²) in [5, 5.41) is 3.29. The number of halogens is 2. The number of morpholine rings is 1. The molecule has 110 valence electrons. The SMILES string of the molecule is CCN1CCOC(CNC(=O)c2cnc(Cl)c(Cl)c2)C1. The van der Waals surface area contributed by atoms with Crippen molar-refractivity contribution in [3.63, 3.8) is 0 Å². The van der Waals surface area contributed by atoms with Gasteiger partial charge in [-0.25, -0.2) is 4.98 Å². The normalized spacial score (nSPS) is 19.9. The molecule has 0 radical (unpaired) electrons. The van der Waals surface area contributed by atoms with E-state index in [-0.39, 0.29) is 22.2 Å². The summed E-state index contributed by atoms with van der Waals surface area (Å²) in [5.74, 6) is -0.228. The van der Waals surface area contributed by atoms with Gasteiger partial charge >= 0.3 is 0 Å². The molecule has 5 nitrogen and oxygen atoms in total. The van der Waals surface area contributed by atoms with E-state index in [0.29, 0.717) is 18.7 Å². The van der Waals surface area contributed by atoms with Crippen LogP contribution < -0.4 is 5.32 Å². The lowest BCUT2D eigenvalue weighted by Crippen LogP contribution is -2.47. The van der Waals surface area contributed by atoms with Gasteiger partial charge in [-0.05, 0) is 12.6 Å². The number of nitrogens with one attached hydrogen (secondary N) is 1. The minimum atomic E-state index is -0.228. The summed E-state index contributed by atoms with van der Waals surface area (Å²) in [5.41, 5.74) is 0.391. The van der Waals surface area contributed by atoms with Gasteiger partial charge in [0.25, 0.3) is 5.91 Å². The number of hydrogen-bond acceptors (Lipinski definition) is 4. The Hall–Kier alpha value is -0.880. The summed E-state index contributed by atoms with van der Waals surface area (Å²) in [6.45, 7) is 6.04. The van der Waals surface area contributed by atoms with Gasteiger partial charge in [-0.1, -0.05) is 30.1 Å². The first kappa shape index (κ1) is 15.5. The van der Waals surface area contributed by atoms with Gasteiger partial charge in [0, 0.05) is 25.8 Å². The van der Waals surface area contributed by atoms with E-state index >= 15 is 0 Å². The summed E-state index contributed by atoms with van der Waals surface area (Å²) in [6.07, 6.45) is 1.42. The Labute approximate surface area is 128 Å². The standard InChI is InChI=1S/C13H17Cl2N3O2/c1-2-18-3-4-20-10(8-18)7-17-13(19)9-5-11(14)12(15)16-6-9/h5-6,10H,2-4,7-8H2,1H3,(H,17,19). The fourth-order valence-electron chi connectivity index (χ4n) is 2.05. The van der Waals surface area contributed by atoms with Crippen LogP contribution in [0.5, 0.6) is 0 Å². The van der Waals surface area contributed by atoms with Gasteiger partial charge in [0.1, 0.15) is 5.15 Å². The summed E-state index contributed by atoms with van der Waals surface area (Å²) in [6, 6.07) is 1.51. The Bertz CT molecular complexity index is 485. The van der Waals surface area contributed by atoms with Crippen LogP contribution in [0.2, 0.25) is 10.2 Å². The monoisotopic (exact) mass is 317 g/mol. The van der Waals surface area contributed by atoms with Gasteiger partial charge in [0.15, 0.2) is 0 Å². The molecular weight excluding hydrogens is 301 g/mol. The number of aromatic nitrogens is 1. The Morgan fingerprint density at radius 2 is 2.40 bits per heavy atom. The third-order valence-electron chi connectivity index (χ3n) is 3.22. The smallest absolute Gasteiger partial charge is 0.252 e. The molecule has 7 heteroatoms. The highest BCUT2D eigenvalue weighted by Gasteiger charge is 2.20. The number of carbonyl (C=O) groups is 1. The van der Waals surface area contributed by atoms with Crippen molar-refractivity contribution >= 4 is 29.1 Å². The zero-order valence-electron chi connectivity index (χ0n) is 11.2. The molecule has 1 fully saturated rings. The number of amides is 1. The van der Waals surface area contributed by atoms with Crippen molar-refractivity contribution in [1.29, 1.82) is 0 Å². The van der Waals surface area contributed by atoms with Crippen molar-refractivity contribution in [2.75, 3.05) is 32.8 Å². The first-order valence-corrected chi connectivity index (χ1v) is 7.29. The molecule has 0 bridgehead atoms. The lowest BCUT2D eigenvalue weighted by molar-refractivity contribution is -0.0246. The number of likely N-dealkylation sites (N-methyl/N-ethyl adjacent to an activating group) is 1. The van der Waals surface area contributed by atoms with Crippen LogP contribution in [0.1, 0.15) is 17.3 Å². The molecule has 1 aliphatic heterocycles. The maximum Gasteiger partial charge on any atom is 0.252 e. The second kappa shape index (κ2) is 7.22. The Morgan fingerprint density at radius 3 is 3.10 bits per heavy atom. The molecular formula is C13H17Cl2N3O2. The highest BCUT2D eigenvalue weighted by atomic mass is 35.5. The van der Waals surface area contributed by atoms with E-state index in [9.17, 15) is 4.79 Å². The summed E-state index contributed by atoms with van der Waals surface area (Å²) < 4.78 is 5.62. The quantitative estimate of drug-likeness (QED) is 0.861. The molecule has 1 saturated heterocycles. The molecule has 1 atom stereocenters. The van der Waals surface area contributed by atoms with E-state index in [2.05, 4.69) is 22.1 Å². The van der Waals surface area contributed by atoms with Crippen LogP contribution in [-0.4, -0.2) is 54.7 Å². The lowest BCUT2D eigenvalue weighted by atomic mass is 10.2. The van der Waals surface area contributed by atoms with E-state index in [4.69, 9.17) is 27.9 Å². The molecule has 1 aromatic rings. The van der Waals surface area contributed by atoms with Gasteiger partial charge in [0.05, 0.1) is 23.3 Å². The van der Waals surface area contributed by atoms with E-state index in [1.54, 1.807) is 0 Å². The van der Waals surface area contributed by atoms with Crippen LogP contribution in [0.4, 0.5) is 0 Å². The van der Waals surface area contributed by atoms with Crippen molar-refractivity contribution in [2.24, 2.45) is 0 Å². The molecule has 0 saturated carbocycles. The predicted octanol–water partition coefficient (Wildman–Crippen LogP) is 1.84. The number of carbonyl (C=O) groups excluding carboxylic acids is 1. The first-order valence-electron chi connectivity index (χ1n) is 6.53. The van der Waals surface area contributed by atoms with Crippen LogP contribution in [0.3, 0.4) is 0 Å². The largest absolute Gasteiger partial charge is 0.374 e.